The normalized spacial score (nSPS) is 11.9. The molecule has 0 aliphatic rings. The lowest BCUT2D eigenvalue weighted by Gasteiger charge is -2.16. The maximum Gasteiger partial charge on any atom is 0.335 e. The molecule has 1 rings (SSSR count). The monoisotopic (exact) mass is 317 g/mol. The van der Waals surface area contributed by atoms with Crippen molar-refractivity contribution in [2.45, 2.75) is 25.0 Å². The Balaban J connectivity index is 3.13. The van der Waals surface area contributed by atoms with Gasteiger partial charge in [-0.2, -0.15) is 0 Å². The van der Waals surface area contributed by atoms with Crippen LogP contribution in [-0.4, -0.2) is 46.5 Å². The highest BCUT2D eigenvalue weighted by molar-refractivity contribution is 7.89. The molecule has 0 amide bonds. The van der Waals surface area contributed by atoms with E-state index < -0.39 is 22.3 Å². The largest absolute Gasteiger partial charge is 0.478 e. The third-order valence-corrected chi connectivity index (χ3v) is 4.57. The molecule has 2 N–H and O–H groups in total. The summed E-state index contributed by atoms with van der Waals surface area (Å²) in [5, 5.41) is 9.09. The molecule has 0 aliphatic carbocycles. The number of carboxylic acids is 1. The second-order valence-electron chi connectivity index (χ2n) is 4.49. The van der Waals surface area contributed by atoms with E-state index in [-0.39, 0.29) is 17.0 Å². The number of aromatic carboxylic acids is 1. The zero-order valence-electron chi connectivity index (χ0n) is 12.3. The zero-order valence-corrected chi connectivity index (χ0v) is 13.2. The van der Waals surface area contributed by atoms with Gasteiger partial charge < -0.3 is 14.6 Å². The van der Waals surface area contributed by atoms with Gasteiger partial charge in [-0.05, 0) is 31.0 Å². The Kier molecular flexibility index (Phi) is 5.85. The van der Waals surface area contributed by atoms with Crippen molar-refractivity contribution in [3.8, 4) is 0 Å². The number of rotatable bonds is 7. The molecule has 21 heavy (non-hydrogen) atoms. The van der Waals surface area contributed by atoms with Crippen LogP contribution in [0.5, 0.6) is 0 Å². The molecule has 0 spiro atoms. The first-order valence-electron chi connectivity index (χ1n) is 6.12. The number of nitrogens with one attached hydrogen (secondary N) is 1. The van der Waals surface area contributed by atoms with Crippen molar-refractivity contribution < 1.29 is 27.8 Å². The van der Waals surface area contributed by atoms with Gasteiger partial charge in [-0.3, -0.25) is 0 Å². The van der Waals surface area contributed by atoms with Gasteiger partial charge in [0.25, 0.3) is 0 Å². The summed E-state index contributed by atoms with van der Waals surface area (Å²) in [6, 6.07) is 2.69. The van der Waals surface area contributed by atoms with Gasteiger partial charge in [0, 0.05) is 14.2 Å². The minimum absolute atomic E-state index is 0.0454. The van der Waals surface area contributed by atoms with Gasteiger partial charge >= 0.3 is 5.97 Å². The summed E-state index contributed by atoms with van der Waals surface area (Å²) in [5.41, 5.74) is 0.929. The maximum atomic E-state index is 12.3. The molecule has 0 fully saturated rings. The zero-order chi connectivity index (χ0) is 16.2. The van der Waals surface area contributed by atoms with Gasteiger partial charge in [0.15, 0.2) is 6.29 Å². The molecule has 0 bridgehead atoms. The Hall–Kier alpha value is -1.48. The van der Waals surface area contributed by atoms with Crippen LogP contribution in [0.2, 0.25) is 0 Å². The van der Waals surface area contributed by atoms with Crippen LogP contribution in [0.4, 0.5) is 0 Å². The summed E-state index contributed by atoms with van der Waals surface area (Å²) in [4.78, 5) is 11.0. The molecule has 0 heterocycles. The molecule has 0 aliphatic heterocycles. The lowest BCUT2D eigenvalue weighted by molar-refractivity contribution is -0.0960. The Morgan fingerprint density at radius 3 is 2.29 bits per heavy atom. The minimum Gasteiger partial charge on any atom is -0.478 e. The van der Waals surface area contributed by atoms with Crippen molar-refractivity contribution in [1.29, 1.82) is 0 Å². The summed E-state index contributed by atoms with van der Waals surface area (Å²) < 4.78 is 36.7. The number of ether oxygens (including phenoxy) is 2. The molecule has 0 radical (unpaired) electrons. The summed E-state index contributed by atoms with van der Waals surface area (Å²) in [5.74, 6) is -1.17. The lowest BCUT2D eigenvalue weighted by atomic mass is 10.1. The molecular formula is C13H19NO6S. The number of methoxy groups -OCH3 is 2. The lowest BCUT2D eigenvalue weighted by Crippen LogP contribution is -2.34. The first-order valence-corrected chi connectivity index (χ1v) is 7.61. The molecule has 0 aromatic heterocycles. The standard InChI is InChI=1S/C13H19NO6S/c1-8-5-9(2)11(6-10(8)13(15)16)21(17,18)14-7-12(19-3)20-4/h5-6,12,14H,7H2,1-4H3,(H,15,16). The predicted molar refractivity (Wildman–Crippen MR) is 75.9 cm³/mol. The molecule has 118 valence electrons. The quantitative estimate of drug-likeness (QED) is 0.724. The number of hydrogen-bond donors (Lipinski definition) is 2. The molecule has 0 saturated heterocycles. The third-order valence-electron chi connectivity index (χ3n) is 3.01. The topological polar surface area (TPSA) is 102 Å². The molecule has 0 saturated carbocycles. The first-order chi connectivity index (χ1) is 9.72. The molecule has 1 aromatic rings. The van der Waals surface area contributed by atoms with Gasteiger partial charge in [-0.15, -0.1) is 0 Å². The number of carbonyl (C=O) groups is 1. The van der Waals surface area contributed by atoms with Crippen LogP contribution in [-0.2, 0) is 19.5 Å². The highest BCUT2D eigenvalue weighted by Gasteiger charge is 2.21. The number of aryl methyl sites for hydroxylation is 2. The Morgan fingerprint density at radius 2 is 1.81 bits per heavy atom. The van der Waals surface area contributed by atoms with E-state index in [1.54, 1.807) is 13.8 Å². The van der Waals surface area contributed by atoms with Gasteiger partial charge in [0.05, 0.1) is 17.0 Å². The summed E-state index contributed by atoms with van der Waals surface area (Å²) in [7, 11) is -1.07. The predicted octanol–water partition coefficient (Wildman–Crippen LogP) is 0.899. The third kappa shape index (κ3) is 4.24. The summed E-state index contributed by atoms with van der Waals surface area (Å²) >= 11 is 0. The van der Waals surface area contributed by atoms with Crippen LogP contribution >= 0.6 is 0 Å². The second-order valence-corrected chi connectivity index (χ2v) is 6.23. The Labute approximate surface area is 123 Å². The average molecular weight is 317 g/mol. The Morgan fingerprint density at radius 1 is 1.24 bits per heavy atom. The van der Waals surface area contributed by atoms with Crippen LogP contribution in [0, 0.1) is 13.8 Å². The van der Waals surface area contributed by atoms with E-state index in [1.807, 2.05) is 0 Å². The first kappa shape index (κ1) is 17.6. The van der Waals surface area contributed by atoms with Gasteiger partial charge in [0.2, 0.25) is 10.0 Å². The van der Waals surface area contributed by atoms with E-state index in [0.29, 0.717) is 11.1 Å². The van der Waals surface area contributed by atoms with E-state index in [2.05, 4.69) is 4.72 Å². The number of hydrogen-bond acceptors (Lipinski definition) is 5. The van der Waals surface area contributed by atoms with Crippen LogP contribution in [0.3, 0.4) is 0 Å². The highest BCUT2D eigenvalue weighted by Crippen LogP contribution is 2.20. The van der Waals surface area contributed by atoms with E-state index in [0.717, 1.165) is 6.07 Å². The fourth-order valence-electron chi connectivity index (χ4n) is 1.87. The van der Waals surface area contributed by atoms with Gasteiger partial charge in [0.1, 0.15) is 0 Å². The van der Waals surface area contributed by atoms with Crippen LogP contribution in [0.1, 0.15) is 21.5 Å². The van der Waals surface area contributed by atoms with E-state index in [9.17, 15) is 13.2 Å². The fraction of sp³-hybridized carbons (Fsp3) is 0.462. The summed E-state index contributed by atoms with van der Waals surface area (Å²) in [6.45, 7) is 3.15. The van der Waals surface area contributed by atoms with Crippen LogP contribution < -0.4 is 4.72 Å². The van der Waals surface area contributed by atoms with Crippen molar-refractivity contribution in [2.24, 2.45) is 0 Å². The minimum atomic E-state index is -3.85. The molecular weight excluding hydrogens is 298 g/mol. The fourth-order valence-corrected chi connectivity index (χ4v) is 3.14. The number of sulfonamides is 1. The maximum absolute atomic E-state index is 12.3. The molecule has 1 aromatic carbocycles. The van der Waals surface area contributed by atoms with Crippen molar-refractivity contribution in [2.75, 3.05) is 20.8 Å². The molecule has 0 unspecified atom stereocenters. The van der Waals surface area contributed by atoms with Crippen molar-refractivity contribution in [3.05, 3.63) is 28.8 Å². The molecule has 8 heteroatoms. The van der Waals surface area contributed by atoms with E-state index in [1.165, 1.54) is 20.3 Å². The van der Waals surface area contributed by atoms with Crippen molar-refractivity contribution >= 4 is 16.0 Å². The van der Waals surface area contributed by atoms with E-state index in [4.69, 9.17) is 14.6 Å². The van der Waals surface area contributed by atoms with Gasteiger partial charge in [-0.1, -0.05) is 6.07 Å². The number of benzene rings is 1. The van der Waals surface area contributed by atoms with Crippen molar-refractivity contribution in [3.63, 3.8) is 0 Å². The molecule has 7 nitrogen and oxygen atoms in total. The van der Waals surface area contributed by atoms with Crippen LogP contribution in [0.25, 0.3) is 0 Å². The van der Waals surface area contributed by atoms with Gasteiger partial charge in [-0.25, -0.2) is 17.9 Å². The van der Waals surface area contributed by atoms with Crippen molar-refractivity contribution in [1.82, 2.24) is 4.72 Å². The smallest absolute Gasteiger partial charge is 0.335 e. The average Bonchev–Trinajstić information content (AvgIpc) is 2.38. The SMILES string of the molecule is COC(CNS(=O)(=O)c1cc(C(=O)O)c(C)cc1C)OC. The van der Waals surface area contributed by atoms with Crippen LogP contribution in [0.15, 0.2) is 17.0 Å². The second kappa shape index (κ2) is 6.99. The van der Waals surface area contributed by atoms with E-state index >= 15 is 0 Å². The summed E-state index contributed by atoms with van der Waals surface area (Å²) in [6.07, 6.45) is -0.718. The number of carboxylic acid groups (broad SMARTS) is 1. The molecule has 0 atom stereocenters. The highest BCUT2D eigenvalue weighted by atomic mass is 32.2. The Bertz CT molecular complexity index is 622.